The highest BCUT2D eigenvalue weighted by Gasteiger charge is 2.23. The molecule has 22 heavy (non-hydrogen) atoms. The molecule has 0 aliphatic heterocycles. The Labute approximate surface area is 134 Å². The zero-order chi connectivity index (χ0) is 16.4. The summed E-state index contributed by atoms with van der Waals surface area (Å²) in [6.45, 7) is 0. The van der Waals surface area contributed by atoms with Crippen LogP contribution in [-0.4, -0.2) is 21.8 Å². The first-order valence-corrected chi connectivity index (χ1v) is 6.58. The van der Waals surface area contributed by atoms with Gasteiger partial charge in [0.15, 0.2) is 5.78 Å². The average molecular weight is 340 g/mol. The summed E-state index contributed by atoms with van der Waals surface area (Å²) >= 11 is 11.7. The molecule has 0 unspecified atom stereocenters. The molecule has 0 aromatic heterocycles. The van der Waals surface area contributed by atoms with Crippen LogP contribution < -0.4 is 0 Å². The highest BCUT2D eigenvalue weighted by atomic mass is 35.5. The lowest BCUT2D eigenvalue weighted by Gasteiger charge is -2.07. The molecule has 0 aliphatic rings. The molecule has 2 aromatic rings. The number of aromatic carboxylic acids is 1. The second-order valence-corrected chi connectivity index (χ2v) is 5.09. The van der Waals surface area contributed by atoms with Crippen molar-refractivity contribution >= 4 is 40.6 Å². The van der Waals surface area contributed by atoms with Crippen molar-refractivity contribution in [3.63, 3.8) is 0 Å². The van der Waals surface area contributed by atoms with Gasteiger partial charge in [-0.1, -0.05) is 23.2 Å². The van der Waals surface area contributed by atoms with Crippen molar-refractivity contribution in [2.45, 2.75) is 0 Å². The van der Waals surface area contributed by atoms with Crippen molar-refractivity contribution in [3.8, 4) is 0 Å². The van der Waals surface area contributed by atoms with Gasteiger partial charge in [-0.15, -0.1) is 0 Å². The molecule has 0 aliphatic carbocycles. The monoisotopic (exact) mass is 339 g/mol. The Kier molecular flexibility index (Phi) is 4.44. The summed E-state index contributed by atoms with van der Waals surface area (Å²) in [5.41, 5.74) is -1.11. The van der Waals surface area contributed by atoms with Crippen molar-refractivity contribution in [3.05, 3.63) is 73.2 Å². The highest BCUT2D eigenvalue weighted by Crippen LogP contribution is 2.26. The van der Waals surface area contributed by atoms with Crippen LogP contribution in [0.3, 0.4) is 0 Å². The van der Waals surface area contributed by atoms with Gasteiger partial charge < -0.3 is 5.11 Å². The normalized spacial score (nSPS) is 10.3. The number of carboxylic acids is 1. The van der Waals surface area contributed by atoms with E-state index in [0.29, 0.717) is 0 Å². The van der Waals surface area contributed by atoms with Gasteiger partial charge in [-0.05, 0) is 24.3 Å². The van der Waals surface area contributed by atoms with Gasteiger partial charge >= 0.3 is 5.97 Å². The number of carbonyl (C=O) groups is 2. The first kappa shape index (κ1) is 15.9. The number of nitro groups is 1. The van der Waals surface area contributed by atoms with Crippen LogP contribution in [0.25, 0.3) is 0 Å². The van der Waals surface area contributed by atoms with E-state index in [1.54, 1.807) is 0 Å². The lowest BCUT2D eigenvalue weighted by atomic mass is 9.97. The number of hydrogen-bond acceptors (Lipinski definition) is 4. The minimum absolute atomic E-state index is 0.0304. The smallest absolute Gasteiger partial charge is 0.336 e. The highest BCUT2D eigenvalue weighted by molar-refractivity contribution is 6.37. The Balaban J connectivity index is 2.65. The zero-order valence-corrected chi connectivity index (χ0v) is 12.3. The molecule has 0 heterocycles. The van der Waals surface area contributed by atoms with Gasteiger partial charge in [-0.2, -0.15) is 0 Å². The summed E-state index contributed by atoms with van der Waals surface area (Å²) < 4.78 is 0. The van der Waals surface area contributed by atoms with Crippen LogP contribution in [0.1, 0.15) is 26.3 Å². The number of ketones is 1. The van der Waals surface area contributed by atoms with Crippen LogP contribution in [0.5, 0.6) is 0 Å². The minimum Gasteiger partial charge on any atom is -0.478 e. The lowest BCUT2D eigenvalue weighted by Crippen LogP contribution is -2.11. The zero-order valence-electron chi connectivity index (χ0n) is 10.7. The number of nitrogens with zero attached hydrogens (tertiary/aromatic N) is 1. The molecule has 0 atom stereocenters. The van der Waals surface area contributed by atoms with Crippen LogP contribution in [0.4, 0.5) is 5.69 Å². The van der Waals surface area contributed by atoms with Gasteiger partial charge in [-0.3, -0.25) is 14.9 Å². The predicted molar refractivity (Wildman–Crippen MR) is 80.0 cm³/mol. The Morgan fingerprint density at radius 2 is 1.68 bits per heavy atom. The van der Waals surface area contributed by atoms with Gasteiger partial charge in [0, 0.05) is 28.3 Å². The molecule has 0 bridgehead atoms. The molecule has 0 amide bonds. The quantitative estimate of drug-likeness (QED) is 0.518. The van der Waals surface area contributed by atoms with E-state index < -0.39 is 22.4 Å². The fourth-order valence-electron chi connectivity index (χ4n) is 1.84. The number of carbonyl (C=O) groups excluding carboxylic acids is 1. The van der Waals surface area contributed by atoms with Crippen LogP contribution >= 0.6 is 23.2 Å². The van der Waals surface area contributed by atoms with E-state index >= 15 is 0 Å². The topological polar surface area (TPSA) is 97.5 Å². The maximum atomic E-state index is 12.5. The molecule has 6 nitrogen and oxygen atoms in total. The summed E-state index contributed by atoms with van der Waals surface area (Å²) in [7, 11) is 0. The maximum Gasteiger partial charge on any atom is 0.336 e. The molecule has 0 spiro atoms. The summed E-state index contributed by atoms with van der Waals surface area (Å²) in [5.74, 6) is -2.13. The first-order valence-electron chi connectivity index (χ1n) is 5.82. The second-order valence-electron chi connectivity index (χ2n) is 4.25. The SMILES string of the molecule is O=C(O)c1ccc([N+](=O)[O-])cc1C(=O)c1cc(Cl)ccc1Cl. The molecule has 0 fully saturated rings. The average Bonchev–Trinajstić information content (AvgIpc) is 2.48. The Bertz CT molecular complexity index is 804. The Hall–Kier alpha value is -2.44. The third-order valence-corrected chi connectivity index (χ3v) is 3.43. The van der Waals surface area contributed by atoms with Crippen molar-refractivity contribution in [1.29, 1.82) is 0 Å². The Morgan fingerprint density at radius 3 is 2.27 bits per heavy atom. The minimum atomic E-state index is -1.38. The van der Waals surface area contributed by atoms with E-state index in [1.807, 2.05) is 0 Å². The van der Waals surface area contributed by atoms with E-state index in [2.05, 4.69) is 0 Å². The first-order chi connectivity index (χ1) is 10.3. The number of nitro benzene ring substituents is 1. The van der Waals surface area contributed by atoms with Gasteiger partial charge in [0.2, 0.25) is 0 Å². The van der Waals surface area contributed by atoms with Crippen LogP contribution in [0.15, 0.2) is 36.4 Å². The van der Waals surface area contributed by atoms with Crippen molar-refractivity contribution in [1.82, 2.24) is 0 Å². The van der Waals surface area contributed by atoms with Crippen molar-refractivity contribution in [2.24, 2.45) is 0 Å². The van der Waals surface area contributed by atoms with Crippen molar-refractivity contribution < 1.29 is 19.6 Å². The lowest BCUT2D eigenvalue weighted by molar-refractivity contribution is -0.384. The van der Waals surface area contributed by atoms with Gasteiger partial charge in [0.25, 0.3) is 5.69 Å². The third-order valence-electron chi connectivity index (χ3n) is 2.86. The number of carboxylic acid groups (broad SMARTS) is 1. The summed E-state index contributed by atoms with van der Waals surface area (Å²) in [6.07, 6.45) is 0. The van der Waals surface area contributed by atoms with E-state index in [1.165, 1.54) is 18.2 Å². The molecular weight excluding hydrogens is 333 g/mol. The molecule has 2 rings (SSSR count). The van der Waals surface area contributed by atoms with E-state index in [4.69, 9.17) is 28.3 Å². The largest absolute Gasteiger partial charge is 0.478 e. The van der Waals surface area contributed by atoms with Crippen molar-refractivity contribution in [2.75, 3.05) is 0 Å². The number of non-ortho nitro benzene ring substituents is 1. The molecule has 1 N–H and O–H groups in total. The summed E-state index contributed by atoms with van der Waals surface area (Å²) in [4.78, 5) is 33.8. The predicted octanol–water partition coefficient (Wildman–Crippen LogP) is 3.83. The van der Waals surface area contributed by atoms with E-state index in [9.17, 15) is 19.7 Å². The fourth-order valence-corrected chi connectivity index (χ4v) is 2.21. The molecule has 0 saturated carbocycles. The standard InChI is InChI=1S/C14H7Cl2NO5/c15-7-1-4-12(16)11(5-7)13(18)10-6-8(17(21)22)2-3-9(10)14(19)20/h1-6H,(H,19,20). The second kappa shape index (κ2) is 6.13. The fraction of sp³-hybridized carbons (Fsp3) is 0. The van der Waals surface area contributed by atoms with Crippen LogP contribution in [-0.2, 0) is 0 Å². The third kappa shape index (κ3) is 3.08. The summed E-state index contributed by atoms with van der Waals surface area (Å²) in [5, 5.41) is 20.2. The summed E-state index contributed by atoms with van der Waals surface area (Å²) in [6, 6.07) is 7.05. The molecule has 0 radical (unpaired) electrons. The molecule has 2 aromatic carbocycles. The molecular formula is C14H7Cl2NO5. The number of rotatable bonds is 4. The van der Waals surface area contributed by atoms with E-state index in [0.717, 1.165) is 18.2 Å². The maximum absolute atomic E-state index is 12.5. The molecule has 8 heteroatoms. The van der Waals surface area contributed by atoms with E-state index in [-0.39, 0.29) is 26.7 Å². The van der Waals surface area contributed by atoms with Gasteiger partial charge in [0.1, 0.15) is 0 Å². The van der Waals surface area contributed by atoms with Gasteiger partial charge in [-0.25, -0.2) is 4.79 Å². The van der Waals surface area contributed by atoms with Gasteiger partial charge in [0.05, 0.1) is 15.5 Å². The number of halogens is 2. The Morgan fingerprint density at radius 1 is 1.00 bits per heavy atom. The van der Waals surface area contributed by atoms with Crippen LogP contribution in [0, 0.1) is 10.1 Å². The molecule has 0 saturated heterocycles. The number of hydrogen-bond donors (Lipinski definition) is 1. The van der Waals surface area contributed by atoms with Crippen LogP contribution in [0.2, 0.25) is 10.0 Å². The number of benzene rings is 2. The molecule has 112 valence electrons.